The number of aromatic nitrogens is 1. The van der Waals surface area contributed by atoms with Crippen molar-refractivity contribution in [3.8, 4) is 0 Å². The number of benzene rings is 1. The first kappa shape index (κ1) is 14.3. The van der Waals surface area contributed by atoms with E-state index in [2.05, 4.69) is 10.3 Å². The molecule has 0 aliphatic heterocycles. The van der Waals surface area contributed by atoms with Gasteiger partial charge in [0.25, 0.3) is 0 Å². The molecule has 3 nitrogen and oxygen atoms in total. The summed E-state index contributed by atoms with van der Waals surface area (Å²) < 4.78 is 37.1. The van der Waals surface area contributed by atoms with Crippen molar-refractivity contribution in [2.24, 2.45) is 5.73 Å². The zero-order valence-electron chi connectivity index (χ0n) is 10.6. The number of hydrogen-bond acceptors (Lipinski definition) is 3. The lowest BCUT2D eigenvalue weighted by Crippen LogP contribution is -2.07. The highest BCUT2D eigenvalue weighted by Crippen LogP contribution is 2.28. The lowest BCUT2D eigenvalue weighted by Gasteiger charge is -2.09. The largest absolute Gasteiger partial charge is 0.417 e. The Kier molecular flexibility index (Phi) is 4.24. The summed E-state index contributed by atoms with van der Waals surface area (Å²) in [7, 11) is 0. The van der Waals surface area contributed by atoms with Gasteiger partial charge in [-0.25, -0.2) is 4.98 Å². The molecule has 1 aromatic heterocycles. The van der Waals surface area contributed by atoms with Crippen molar-refractivity contribution in [1.29, 1.82) is 0 Å². The zero-order chi connectivity index (χ0) is 14.6. The number of rotatable bonds is 4. The molecule has 6 heteroatoms. The Morgan fingerprint density at radius 1 is 1.10 bits per heavy atom. The topological polar surface area (TPSA) is 50.9 Å². The third-order valence-electron chi connectivity index (χ3n) is 2.79. The minimum atomic E-state index is -4.36. The molecule has 1 heterocycles. The zero-order valence-corrected chi connectivity index (χ0v) is 10.6. The molecule has 2 aromatic rings. The standard InChI is InChI=1S/C14H14F3N3/c15-14(16,17)12-4-5-13(20-9-12)19-8-11-3-1-2-10(6-11)7-18/h1-6,9H,7-8,18H2,(H,19,20). The predicted molar refractivity (Wildman–Crippen MR) is 70.9 cm³/mol. The number of anilines is 1. The second kappa shape index (κ2) is 5.92. The van der Waals surface area contributed by atoms with Gasteiger partial charge in [0.15, 0.2) is 0 Å². The predicted octanol–water partition coefficient (Wildman–Crippen LogP) is 3.17. The monoisotopic (exact) mass is 281 g/mol. The highest BCUT2D eigenvalue weighted by molar-refractivity contribution is 5.37. The van der Waals surface area contributed by atoms with Crippen LogP contribution in [-0.4, -0.2) is 4.98 Å². The molecule has 3 N–H and O–H groups in total. The van der Waals surface area contributed by atoms with Crippen LogP contribution in [0.3, 0.4) is 0 Å². The summed E-state index contributed by atoms with van der Waals surface area (Å²) in [6.45, 7) is 0.929. The summed E-state index contributed by atoms with van der Waals surface area (Å²) in [5.74, 6) is 0.399. The van der Waals surface area contributed by atoms with Gasteiger partial charge in [0.05, 0.1) is 5.56 Å². The number of alkyl halides is 3. The van der Waals surface area contributed by atoms with Gasteiger partial charge in [0, 0.05) is 19.3 Å². The maximum atomic E-state index is 12.4. The van der Waals surface area contributed by atoms with Crippen molar-refractivity contribution >= 4 is 5.82 Å². The number of nitrogens with two attached hydrogens (primary N) is 1. The number of nitrogens with zero attached hydrogens (tertiary/aromatic N) is 1. The Morgan fingerprint density at radius 3 is 2.45 bits per heavy atom. The van der Waals surface area contributed by atoms with E-state index in [4.69, 9.17) is 5.73 Å². The molecule has 0 bridgehead atoms. The number of halogens is 3. The minimum Gasteiger partial charge on any atom is -0.366 e. The molecule has 0 unspecified atom stereocenters. The van der Waals surface area contributed by atoms with E-state index >= 15 is 0 Å². The summed E-state index contributed by atoms with van der Waals surface area (Å²) in [6.07, 6.45) is -3.54. The van der Waals surface area contributed by atoms with Crippen LogP contribution in [0.15, 0.2) is 42.6 Å². The molecule has 0 spiro atoms. The maximum Gasteiger partial charge on any atom is 0.417 e. The quantitative estimate of drug-likeness (QED) is 0.905. The van der Waals surface area contributed by atoms with E-state index in [9.17, 15) is 13.2 Å². The molecule has 0 aliphatic rings. The molecule has 0 saturated carbocycles. The van der Waals surface area contributed by atoms with Crippen molar-refractivity contribution in [1.82, 2.24) is 4.98 Å². The van der Waals surface area contributed by atoms with E-state index in [1.165, 1.54) is 6.07 Å². The highest BCUT2D eigenvalue weighted by atomic mass is 19.4. The average molecular weight is 281 g/mol. The lowest BCUT2D eigenvalue weighted by molar-refractivity contribution is -0.137. The highest BCUT2D eigenvalue weighted by Gasteiger charge is 2.30. The van der Waals surface area contributed by atoms with Crippen LogP contribution < -0.4 is 11.1 Å². The van der Waals surface area contributed by atoms with Crippen LogP contribution in [0, 0.1) is 0 Å². The maximum absolute atomic E-state index is 12.4. The fraction of sp³-hybridized carbons (Fsp3) is 0.214. The summed E-state index contributed by atoms with van der Waals surface area (Å²) in [5.41, 5.74) is 6.79. The van der Waals surface area contributed by atoms with Crippen LogP contribution in [0.5, 0.6) is 0 Å². The Morgan fingerprint density at radius 2 is 1.85 bits per heavy atom. The van der Waals surface area contributed by atoms with Gasteiger partial charge >= 0.3 is 6.18 Å². The first-order chi connectivity index (χ1) is 9.49. The second-order valence-corrected chi connectivity index (χ2v) is 4.31. The summed E-state index contributed by atoms with van der Waals surface area (Å²) >= 11 is 0. The van der Waals surface area contributed by atoms with Crippen molar-refractivity contribution in [3.05, 3.63) is 59.3 Å². The first-order valence-corrected chi connectivity index (χ1v) is 6.04. The van der Waals surface area contributed by atoms with Crippen molar-refractivity contribution in [2.45, 2.75) is 19.3 Å². The Hall–Kier alpha value is -2.08. The van der Waals surface area contributed by atoms with Crippen LogP contribution in [0.1, 0.15) is 16.7 Å². The lowest BCUT2D eigenvalue weighted by atomic mass is 10.1. The van der Waals surface area contributed by atoms with Gasteiger partial charge in [-0.15, -0.1) is 0 Å². The average Bonchev–Trinajstić information content (AvgIpc) is 2.45. The Labute approximate surface area is 114 Å². The van der Waals surface area contributed by atoms with E-state index in [0.29, 0.717) is 18.9 Å². The van der Waals surface area contributed by atoms with Crippen molar-refractivity contribution < 1.29 is 13.2 Å². The third-order valence-corrected chi connectivity index (χ3v) is 2.79. The Balaban J connectivity index is 2.00. The van der Waals surface area contributed by atoms with Gasteiger partial charge in [-0.3, -0.25) is 0 Å². The molecule has 0 fully saturated rings. The van der Waals surface area contributed by atoms with E-state index in [-0.39, 0.29) is 0 Å². The molecule has 20 heavy (non-hydrogen) atoms. The minimum absolute atomic E-state index is 0.399. The third kappa shape index (κ3) is 3.71. The second-order valence-electron chi connectivity index (χ2n) is 4.31. The number of nitrogens with one attached hydrogen (secondary N) is 1. The molecule has 2 rings (SSSR count). The molecular weight excluding hydrogens is 267 g/mol. The van der Waals surface area contributed by atoms with E-state index < -0.39 is 11.7 Å². The first-order valence-electron chi connectivity index (χ1n) is 6.04. The van der Waals surface area contributed by atoms with Crippen molar-refractivity contribution in [2.75, 3.05) is 5.32 Å². The fourth-order valence-corrected chi connectivity index (χ4v) is 1.73. The molecule has 1 aromatic carbocycles. The van der Waals surface area contributed by atoms with E-state index in [0.717, 1.165) is 23.4 Å². The fourth-order valence-electron chi connectivity index (χ4n) is 1.73. The molecule has 106 valence electrons. The van der Waals surface area contributed by atoms with Gasteiger partial charge in [-0.2, -0.15) is 13.2 Å². The van der Waals surface area contributed by atoms with E-state index in [1.807, 2.05) is 24.3 Å². The van der Waals surface area contributed by atoms with Gasteiger partial charge in [-0.1, -0.05) is 24.3 Å². The van der Waals surface area contributed by atoms with Gasteiger partial charge in [-0.05, 0) is 23.3 Å². The van der Waals surface area contributed by atoms with Gasteiger partial charge in [0.1, 0.15) is 5.82 Å². The van der Waals surface area contributed by atoms with Crippen LogP contribution in [0.2, 0.25) is 0 Å². The molecule has 0 atom stereocenters. The molecule has 0 aliphatic carbocycles. The molecule has 0 amide bonds. The smallest absolute Gasteiger partial charge is 0.366 e. The molecule has 0 radical (unpaired) electrons. The SMILES string of the molecule is NCc1cccc(CNc2ccc(C(F)(F)F)cn2)c1. The summed E-state index contributed by atoms with van der Waals surface area (Å²) in [4.78, 5) is 3.75. The van der Waals surface area contributed by atoms with Crippen molar-refractivity contribution in [3.63, 3.8) is 0 Å². The number of hydrogen-bond donors (Lipinski definition) is 2. The summed E-state index contributed by atoms with van der Waals surface area (Å²) in [5, 5.41) is 2.97. The van der Waals surface area contributed by atoms with Crippen LogP contribution in [0.25, 0.3) is 0 Å². The normalized spacial score (nSPS) is 11.4. The molecular formula is C14H14F3N3. The number of pyridine rings is 1. The van der Waals surface area contributed by atoms with Crippen LogP contribution >= 0.6 is 0 Å². The van der Waals surface area contributed by atoms with Gasteiger partial charge in [0.2, 0.25) is 0 Å². The Bertz CT molecular complexity index is 565. The van der Waals surface area contributed by atoms with Crippen LogP contribution in [0.4, 0.5) is 19.0 Å². The van der Waals surface area contributed by atoms with E-state index in [1.54, 1.807) is 0 Å². The molecule has 0 saturated heterocycles. The van der Waals surface area contributed by atoms with Gasteiger partial charge < -0.3 is 11.1 Å². The van der Waals surface area contributed by atoms with Crippen LogP contribution in [-0.2, 0) is 19.3 Å². The summed E-state index contributed by atoms with van der Waals surface area (Å²) in [6, 6.07) is 9.98.